The minimum absolute atomic E-state index is 0.176. The fraction of sp³-hybridized carbons (Fsp3) is 0.571. The van der Waals surface area contributed by atoms with Crippen LogP contribution in [0.2, 0.25) is 5.02 Å². The fourth-order valence-corrected chi connectivity index (χ4v) is 3.00. The topological polar surface area (TPSA) is 38.5 Å². The number of piperidine rings is 1. The van der Waals surface area contributed by atoms with Crippen molar-refractivity contribution in [2.24, 2.45) is 5.73 Å². The highest BCUT2D eigenvalue weighted by Gasteiger charge is 2.31. The molecule has 1 aromatic rings. The molecule has 0 aromatic heterocycles. The number of methoxy groups -OCH3 is 1. The third-order valence-corrected chi connectivity index (χ3v) is 3.82. The molecule has 1 fully saturated rings. The van der Waals surface area contributed by atoms with Crippen molar-refractivity contribution in [3.8, 4) is 5.75 Å². The number of hydrogen-bond donors (Lipinski definition) is 1. The number of likely N-dealkylation sites (N-methyl/N-ethyl adjacent to an activating group) is 1. The first-order valence-corrected chi connectivity index (χ1v) is 6.70. The van der Waals surface area contributed by atoms with Crippen molar-refractivity contribution in [2.75, 3.05) is 27.2 Å². The second-order valence-electron chi connectivity index (χ2n) is 5.34. The summed E-state index contributed by atoms with van der Waals surface area (Å²) in [5.41, 5.74) is 7.44. The molecule has 0 aliphatic carbocycles. The van der Waals surface area contributed by atoms with E-state index >= 15 is 0 Å². The van der Waals surface area contributed by atoms with Crippen molar-refractivity contribution in [1.82, 2.24) is 4.90 Å². The van der Waals surface area contributed by atoms with Gasteiger partial charge in [0.05, 0.1) is 7.11 Å². The first kappa shape index (κ1) is 13.7. The van der Waals surface area contributed by atoms with Gasteiger partial charge in [0, 0.05) is 17.1 Å². The van der Waals surface area contributed by atoms with Crippen molar-refractivity contribution in [1.29, 1.82) is 0 Å². The maximum atomic E-state index is 6.51. The van der Waals surface area contributed by atoms with Gasteiger partial charge < -0.3 is 15.4 Å². The van der Waals surface area contributed by atoms with E-state index in [1.807, 2.05) is 18.2 Å². The van der Waals surface area contributed by atoms with Gasteiger partial charge in [-0.15, -0.1) is 0 Å². The summed E-state index contributed by atoms with van der Waals surface area (Å²) < 4.78 is 5.39. The highest BCUT2D eigenvalue weighted by Crippen LogP contribution is 2.29. The normalized spacial score (nSPS) is 25.1. The van der Waals surface area contributed by atoms with Crippen LogP contribution in [0.15, 0.2) is 18.2 Å². The van der Waals surface area contributed by atoms with Gasteiger partial charge in [-0.2, -0.15) is 0 Å². The van der Waals surface area contributed by atoms with E-state index in [0.29, 0.717) is 0 Å². The minimum atomic E-state index is -0.176. The molecule has 1 unspecified atom stereocenters. The number of benzene rings is 1. The van der Waals surface area contributed by atoms with Gasteiger partial charge in [0.25, 0.3) is 0 Å². The van der Waals surface area contributed by atoms with Crippen LogP contribution in [0.3, 0.4) is 0 Å². The third-order valence-electron chi connectivity index (χ3n) is 3.58. The molecule has 100 valence electrons. The molecule has 1 aromatic carbocycles. The molecule has 0 bridgehead atoms. The smallest absolute Gasteiger partial charge is 0.122 e. The lowest BCUT2D eigenvalue weighted by molar-refractivity contribution is 0.177. The summed E-state index contributed by atoms with van der Waals surface area (Å²) in [7, 11) is 3.80. The number of nitrogens with two attached hydrogens (primary N) is 1. The maximum absolute atomic E-state index is 6.51. The van der Waals surface area contributed by atoms with E-state index in [9.17, 15) is 0 Å². The highest BCUT2D eigenvalue weighted by atomic mass is 35.5. The SMILES string of the molecule is COc1ccc(Cl)cc1CC1(N)CCCN(C)C1. The van der Waals surface area contributed by atoms with E-state index in [2.05, 4.69) is 11.9 Å². The molecule has 3 nitrogen and oxygen atoms in total. The molecule has 1 aliphatic rings. The van der Waals surface area contributed by atoms with Gasteiger partial charge in [-0.1, -0.05) is 11.6 Å². The Morgan fingerprint density at radius 2 is 2.28 bits per heavy atom. The number of halogens is 1. The van der Waals surface area contributed by atoms with Crippen LogP contribution >= 0.6 is 11.6 Å². The number of hydrogen-bond acceptors (Lipinski definition) is 3. The summed E-state index contributed by atoms with van der Waals surface area (Å²) in [6.45, 7) is 2.05. The van der Waals surface area contributed by atoms with Crippen molar-refractivity contribution in [3.63, 3.8) is 0 Å². The lowest BCUT2D eigenvalue weighted by atomic mass is 9.84. The van der Waals surface area contributed by atoms with Crippen LogP contribution in [0.5, 0.6) is 5.75 Å². The second kappa shape index (κ2) is 5.47. The standard InChI is InChI=1S/C14H21ClN2O/c1-17-7-3-6-14(16,10-17)9-11-8-12(15)4-5-13(11)18-2/h4-5,8H,3,6-7,9-10,16H2,1-2H3. The molecule has 0 spiro atoms. The predicted molar refractivity (Wildman–Crippen MR) is 75.4 cm³/mol. The first-order valence-electron chi connectivity index (χ1n) is 6.32. The number of likely N-dealkylation sites (tertiary alicyclic amines) is 1. The zero-order chi connectivity index (χ0) is 13.2. The van der Waals surface area contributed by atoms with Gasteiger partial charge in [0.15, 0.2) is 0 Å². The molecule has 1 aliphatic heterocycles. The number of rotatable bonds is 3. The second-order valence-corrected chi connectivity index (χ2v) is 5.77. The number of ether oxygens (including phenoxy) is 1. The van der Waals surface area contributed by atoms with Gasteiger partial charge in [-0.3, -0.25) is 0 Å². The van der Waals surface area contributed by atoms with Crippen LogP contribution in [-0.4, -0.2) is 37.7 Å². The Labute approximate surface area is 114 Å². The van der Waals surface area contributed by atoms with Gasteiger partial charge in [-0.05, 0) is 56.6 Å². The lowest BCUT2D eigenvalue weighted by Gasteiger charge is -2.39. The number of nitrogens with zero attached hydrogens (tertiary/aromatic N) is 1. The lowest BCUT2D eigenvalue weighted by Crippen LogP contribution is -2.54. The van der Waals surface area contributed by atoms with Crippen LogP contribution in [-0.2, 0) is 6.42 Å². The third kappa shape index (κ3) is 3.16. The first-order chi connectivity index (χ1) is 8.52. The molecule has 1 saturated heterocycles. The molecule has 2 N–H and O–H groups in total. The summed E-state index contributed by atoms with van der Waals surface area (Å²) >= 11 is 6.06. The molecule has 0 radical (unpaired) electrons. The predicted octanol–water partition coefficient (Wildman–Crippen LogP) is 2.31. The van der Waals surface area contributed by atoms with Crippen LogP contribution in [0.4, 0.5) is 0 Å². The summed E-state index contributed by atoms with van der Waals surface area (Å²) in [6, 6.07) is 5.72. The average Bonchev–Trinajstić information content (AvgIpc) is 2.28. The Balaban J connectivity index is 2.19. The van der Waals surface area contributed by atoms with Gasteiger partial charge in [-0.25, -0.2) is 0 Å². The molecule has 2 rings (SSSR count). The van der Waals surface area contributed by atoms with Crippen molar-refractivity contribution < 1.29 is 4.74 Å². The minimum Gasteiger partial charge on any atom is -0.496 e. The van der Waals surface area contributed by atoms with E-state index in [0.717, 1.165) is 48.7 Å². The molecule has 1 atom stereocenters. The van der Waals surface area contributed by atoms with Gasteiger partial charge in [0.2, 0.25) is 0 Å². The van der Waals surface area contributed by atoms with Crippen molar-refractivity contribution >= 4 is 11.6 Å². The maximum Gasteiger partial charge on any atom is 0.122 e. The summed E-state index contributed by atoms with van der Waals surface area (Å²) in [6.07, 6.45) is 3.00. The summed E-state index contributed by atoms with van der Waals surface area (Å²) in [5.74, 6) is 0.873. The molecule has 18 heavy (non-hydrogen) atoms. The quantitative estimate of drug-likeness (QED) is 0.914. The molecule has 0 amide bonds. The zero-order valence-electron chi connectivity index (χ0n) is 11.1. The molecule has 0 saturated carbocycles. The Kier molecular flexibility index (Phi) is 4.15. The van der Waals surface area contributed by atoms with Crippen LogP contribution in [0.1, 0.15) is 18.4 Å². The molecule has 4 heteroatoms. The Bertz CT molecular complexity index is 424. The van der Waals surface area contributed by atoms with Crippen LogP contribution in [0, 0.1) is 0 Å². The monoisotopic (exact) mass is 268 g/mol. The molecular formula is C14H21ClN2O. The summed E-state index contributed by atoms with van der Waals surface area (Å²) in [4.78, 5) is 2.29. The zero-order valence-corrected chi connectivity index (χ0v) is 11.8. The van der Waals surface area contributed by atoms with Crippen molar-refractivity contribution in [3.05, 3.63) is 28.8 Å². The van der Waals surface area contributed by atoms with E-state index in [1.165, 1.54) is 0 Å². The van der Waals surface area contributed by atoms with Crippen LogP contribution < -0.4 is 10.5 Å². The average molecular weight is 269 g/mol. The Morgan fingerprint density at radius 1 is 1.50 bits per heavy atom. The Morgan fingerprint density at radius 3 is 2.94 bits per heavy atom. The van der Waals surface area contributed by atoms with E-state index < -0.39 is 0 Å². The molecular weight excluding hydrogens is 248 g/mol. The molecule has 1 heterocycles. The summed E-state index contributed by atoms with van der Waals surface area (Å²) in [5, 5.41) is 0.735. The van der Waals surface area contributed by atoms with Crippen LogP contribution in [0.25, 0.3) is 0 Å². The Hall–Kier alpha value is -0.770. The van der Waals surface area contributed by atoms with Gasteiger partial charge in [0.1, 0.15) is 5.75 Å². The van der Waals surface area contributed by atoms with E-state index in [-0.39, 0.29) is 5.54 Å². The fourth-order valence-electron chi connectivity index (χ4n) is 2.81. The van der Waals surface area contributed by atoms with Crippen molar-refractivity contribution in [2.45, 2.75) is 24.8 Å². The van der Waals surface area contributed by atoms with E-state index in [1.54, 1.807) is 7.11 Å². The van der Waals surface area contributed by atoms with Gasteiger partial charge >= 0.3 is 0 Å². The highest BCUT2D eigenvalue weighted by molar-refractivity contribution is 6.30. The van der Waals surface area contributed by atoms with E-state index in [4.69, 9.17) is 22.1 Å². The largest absolute Gasteiger partial charge is 0.496 e.